The number of amides is 1. The van der Waals surface area contributed by atoms with Gasteiger partial charge in [-0.2, -0.15) is 0 Å². The Kier molecular flexibility index (Phi) is 3.64. The SMILES string of the molecule is COC(=O)[C@H]1CCCN(C(=O)c2c[nH]c3ccccc23)C1. The smallest absolute Gasteiger partial charge is 0.310 e. The number of hydrogen-bond donors (Lipinski definition) is 1. The number of carbonyl (C=O) groups excluding carboxylic acids is 2. The summed E-state index contributed by atoms with van der Waals surface area (Å²) in [5, 5.41) is 0.919. The number of para-hydroxylation sites is 1. The fourth-order valence-electron chi connectivity index (χ4n) is 2.94. The maximum Gasteiger partial charge on any atom is 0.310 e. The second-order valence-electron chi connectivity index (χ2n) is 5.36. The number of rotatable bonds is 2. The van der Waals surface area contributed by atoms with Gasteiger partial charge in [0.1, 0.15) is 0 Å². The van der Waals surface area contributed by atoms with Crippen LogP contribution in [0.15, 0.2) is 30.5 Å². The molecular formula is C16H18N2O3. The Labute approximate surface area is 122 Å². The minimum atomic E-state index is -0.230. The van der Waals surface area contributed by atoms with Crippen molar-refractivity contribution in [2.75, 3.05) is 20.2 Å². The molecule has 0 spiro atoms. The number of nitrogens with one attached hydrogen (secondary N) is 1. The lowest BCUT2D eigenvalue weighted by atomic mass is 9.97. The van der Waals surface area contributed by atoms with Crippen molar-refractivity contribution in [3.63, 3.8) is 0 Å². The molecule has 1 amide bonds. The summed E-state index contributed by atoms with van der Waals surface area (Å²) in [6.45, 7) is 1.12. The summed E-state index contributed by atoms with van der Waals surface area (Å²) in [6, 6.07) is 7.72. The summed E-state index contributed by atoms with van der Waals surface area (Å²) in [4.78, 5) is 29.2. The van der Waals surface area contributed by atoms with Gasteiger partial charge in [0, 0.05) is 30.2 Å². The molecule has 1 atom stereocenters. The standard InChI is InChI=1S/C16H18N2O3/c1-21-16(20)11-5-4-8-18(10-11)15(19)13-9-17-14-7-3-2-6-12(13)14/h2-3,6-7,9,11,17H,4-5,8,10H2,1H3/t11-/m0/s1. The normalized spacial score (nSPS) is 18.7. The van der Waals surface area contributed by atoms with E-state index in [0.29, 0.717) is 18.7 Å². The van der Waals surface area contributed by atoms with Crippen LogP contribution in [0.1, 0.15) is 23.2 Å². The summed E-state index contributed by atoms with van der Waals surface area (Å²) in [6.07, 6.45) is 3.35. The minimum absolute atomic E-state index is 0.0268. The number of hydrogen-bond acceptors (Lipinski definition) is 3. The van der Waals surface area contributed by atoms with Crippen molar-refractivity contribution in [2.45, 2.75) is 12.8 Å². The van der Waals surface area contributed by atoms with Crippen LogP contribution in [0.2, 0.25) is 0 Å². The van der Waals surface area contributed by atoms with Gasteiger partial charge in [-0.1, -0.05) is 18.2 Å². The lowest BCUT2D eigenvalue weighted by molar-refractivity contribution is -0.146. The molecule has 1 saturated heterocycles. The quantitative estimate of drug-likeness (QED) is 0.861. The molecule has 5 nitrogen and oxygen atoms in total. The van der Waals surface area contributed by atoms with Crippen molar-refractivity contribution in [3.05, 3.63) is 36.0 Å². The second-order valence-corrected chi connectivity index (χ2v) is 5.36. The van der Waals surface area contributed by atoms with E-state index in [4.69, 9.17) is 4.74 Å². The highest BCUT2D eigenvalue weighted by Gasteiger charge is 2.30. The first-order valence-corrected chi connectivity index (χ1v) is 7.14. The Morgan fingerprint density at radius 3 is 2.95 bits per heavy atom. The van der Waals surface area contributed by atoms with Crippen molar-refractivity contribution in [3.8, 4) is 0 Å². The van der Waals surface area contributed by atoms with Gasteiger partial charge in [-0.05, 0) is 18.9 Å². The van der Waals surface area contributed by atoms with Gasteiger partial charge in [0.2, 0.25) is 0 Å². The van der Waals surface area contributed by atoms with Crippen molar-refractivity contribution < 1.29 is 14.3 Å². The number of piperidine rings is 1. The number of methoxy groups -OCH3 is 1. The highest BCUT2D eigenvalue weighted by molar-refractivity contribution is 6.06. The molecule has 1 aliphatic heterocycles. The Balaban J connectivity index is 1.83. The summed E-state index contributed by atoms with van der Waals surface area (Å²) >= 11 is 0. The predicted octanol–water partition coefficient (Wildman–Crippen LogP) is 2.19. The molecule has 0 radical (unpaired) electrons. The van der Waals surface area contributed by atoms with Crippen LogP contribution in [-0.4, -0.2) is 42.0 Å². The van der Waals surface area contributed by atoms with Crippen LogP contribution in [-0.2, 0) is 9.53 Å². The molecule has 0 unspecified atom stereocenters. The number of esters is 1. The first-order valence-electron chi connectivity index (χ1n) is 7.14. The molecule has 0 saturated carbocycles. The van der Waals surface area contributed by atoms with Gasteiger partial charge >= 0.3 is 5.97 Å². The third kappa shape index (κ3) is 2.51. The summed E-state index contributed by atoms with van der Waals surface area (Å²) in [5.74, 6) is -0.467. The summed E-state index contributed by atoms with van der Waals surface area (Å²) in [5.41, 5.74) is 1.61. The molecule has 0 aliphatic carbocycles. The first-order chi connectivity index (χ1) is 10.2. The molecule has 1 N–H and O–H groups in total. The molecule has 2 heterocycles. The van der Waals surface area contributed by atoms with Gasteiger partial charge in [0.25, 0.3) is 5.91 Å². The molecular weight excluding hydrogens is 268 g/mol. The zero-order chi connectivity index (χ0) is 14.8. The molecule has 0 bridgehead atoms. The monoisotopic (exact) mass is 286 g/mol. The van der Waals surface area contributed by atoms with E-state index in [1.54, 1.807) is 11.1 Å². The van der Waals surface area contributed by atoms with Gasteiger partial charge < -0.3 is 14.6 Å². The Bertz CT molecular complexity index is 677. The molecule has 2 aromatic rings. The van der Waals surface area contributed by atoms with Crippen molar-refractivity contribution in [1.29, 1.82) is 0 Å². The maximum atomic E-state index is 12.7. The third-order valence-electron chi connectivity index (χ3n) is 4.06. The van der Waals surface area contributed by atoms with Gasteiger partial charge in [0.15, 0.2) is 0 Å². The van der Waals surface area contributed by atoms with E-state index < -0.39 is 0 Å². The fraction of sp³-hybridized carbons (Fsp3) is 0.375. The number of H-pyrrole nitrogens is 1. The van der Waals surface area contributed by atoms with Gasteiger partial charge in [-0.3, -0.25) is 9.59 Å². The topological polar surface area (TPSA) is 62.4 Å². The number of carbonyl (C=O) groups is 2. The van der Waals surface area contributed by atoms with Crippen LogP contribution < -0.4 is 0 Å². The minimum Gasteiger partial charge on any atom is -0.469 e. The lowest BCUT2D eigenvalue weighted by Gasteiger charge is -2.31. The molecule has 3 rings (SSSR count). The van der Waals surface area contributed by atoms with E-state index in [2.05, 4.69) is 4.98 Å². The Morgan fingerprint density at radius 1 is 1.33 bits per heavy atom. The average Bonchev–Trinajstić information content (AvgIpc) is 2.97. The van der Waals surface area contributed by atoms with Gasteiger partial charge in [-0.15, -0.1) is 0 Å². The fourth-order valence-corrected chi connectivity index (χ4v) is 2.94. The van der Waals surface area contributed by atoms with Crippen LogP contribution in [0.3, 0.4) is 0 Å². The zero-order valence-electron chi connectivity index (χ0n) is 12.0. The van der Waals surface area contributed by atoms with Gasteiger partial charge in [0.05, 0.1) is 18.6 Å². The Hall–Kier alpha value is -2.30. The van der Waals surface area contributed by atoms with E-state index in [0.717, 1.165) is 23.7 Å². The number of aromatic amines is 1. The molecule has 21 heavy (non-hydrogen) atoms. The largest absolute Gasteiger partial charge is 0.469 e. The van der Waals surface area contributed by atoms with Crippen LogP contribution in [0, 0.1) is 5.92 Å². The summed E-state index contributed by atoms with van der Waals surface area (Å²) in [7, 11) is 1.39. The number of fused-ring (bicyclic) bond motifs is 1. The molecule has 5 heteroatoms. The van der Waals surface area contributed by atoms with Crippen LogP contribution in [0.5, 0.6) is 0 Å². The summed E-state index contributed by atoms with van der Waals surface area (Å²) < 4.78 is 4.80. The number of ether oxygens (including phenoxy) is 1. The van der Waals surface area contributed by atoms with Crippen LogP contribution >= 0.6 is 0 Å². The van der Waals surface area contributed by atoms with E-state index >= 15 is 0 Å². The Morgan fingerprint density at radius 2 is 2.14 bits per heavy atom. The zero-order valence-corrected chi connectivity index (χ0v) is 12.0. The van der Waals surface area contributed by atoms with E-state index in [1.807, 2.05) is 24.3 Å². The number of likely N-dealkylation sites (tertiary alicyclic amines) is 1. The lowest BCUT2D eigenvalue weighted by Crippen LogP contribution is -2.42. The molecule has 1 fully saturated rings. The highest BCUT2D eigenvalue weighted by Crippen LogP contribution is 2.23. The molecule has 1 aromatic heterocycles. The highest BCUT2D eigenvalue weighted by atomic mass is 16.5. The van der Waals surface area contributed by atoms with Crippen LogP contribution in [0.25, 0.3) is 10.9 Å². The first kappa shape index (κ1) is 13.7. The maximum absolute atomic E-state index is 12.7. The number of aromatic nitrogens is 1. The predicted molar refractivity (Wildman–Crippen MR) is 78.9 cm³/mol. The van der Waals surface area contributed by atoms with E-state index in [-0.39, 0.29) is 17.8 Å². The number of benzene rings is 1. The van der Waals surface area contributed by atoms with Gasteiger partial charge in [-0.25, -0.2) is 0 Å². The number of nitrogens with zero attached hydrogens (tertiary/aromatic N) is 1. The average molecular weight is 286 g/mol. The van der Waals surface area contributed by atoms with E-state index in [9.17, 15) is 9.59 Å². The van der Waals surface area contributed by atoms with E-state index in [1.165, 1.54) is 7.11 Å². The van der Waals surface area contributed by atoms with Crippen molar-refractivity contribution >= 4 is 22.8 Å². The van der Waals surface area contributed by atoms with Crippen molar-refractivity contribution in [1.82, 2.24) is 9.88 Å². The molecule has 110 valence electrons. The molecule has 1 aliphatic rings. The van der Waals surface area contributed by atoms with Crippen molar-refractivity contribution in [2.24, 2.45) is 5.92 Å². The second kappa shape index (κ2) is 5.60. The third-order valence-corrected chi connectivity index (χ3v) is 4.06. The molecule has 1 aromatic carbocycles. The van der Waals surface area contributed by atoms with Crippen LogP contribution in [0.4, 0.5) is 0 Å².